The van der Waals surface area contributed by atoms with Crippen LogP contribution in [0.2, 0.25) is 0 Å². The fourth-order valence-electron chi connectivity index (χ4n) is 1.50. The summed E-state index contributed by atoms with van der Waals surface area (Å²) in [6.07, 6.45) is 6.21. The standard InChI is InChI=1S/C14H17NO/c1-4-11-15(6-3)14(16)13-9-7-12(5-2)8-10-13/h1,7-10H,5-6,11H2,2-3H3. The Balaban J connectivity index is 2.83. The number of nitrogens with zero attached hydrogens (tertiary/aromatic N) is 1. The van der Waals surface area contributed by atoms with Crippen molar-refractivity contribution in [3.63, 3.8) is 0 Å². The van der Waals surface area contributed by atoms with Crippen LogP contribution in [0.25, 0.3) is 0 Å². The first-order valence-corrected chi connectivity index (χ1v) is 5.54. The van der Waals surface area contributed by atoms with Gasteiger partial charge in [0.05, 0.1) is 6.54 Å². The number of aryl methyl sites for hydroxylation is 1. The Morgan fingerprint density at radius 2 is 1.94 bits per heavy atom. The Morgan fingerprint density at radius 3 is 2.38 bits per heavy atom. The predicted molar refractivity (Wildman–Crippen MR) is 66.2 cm³/mol. The van der Waals surface area contributed by atoms with Crippen molar-refractivity contribution < 1.29 is 4.79 Å². The number of benzene rings is 1. The van der Waals surface area contributed by atoms with Gasteiger partial charge in [0.25, 0.3) is 5.91 Å². The lowest BCUT2D eigenvalue weighted by Gasteiger charge is -2.17. The fourth-order valence-corrected chi connectivity index (χ4v) is 1.50. The van der Waals surface area contributed by atoms with Gasteiger partial charge >= 0.3 is 0 Å². The van der Waals surface area contributed by atoms with E-state index in [4.69, 9.17) is 6.42 Å². The lowest BCUT2D eigenvalue weighted by atomic mass is 10.1. The molecule has 0 aromatic heterocycles. The summed E-state index contributed by atoms with van der Waals surface area (Å²) < 4.78 is 0. The van der Waals surface area contributed by atoms with Crippen molar-refractivity contribution in [2.75, 3.05) is 13.1 Å². The zero-order valence-corrected chi connectivity index (χ0v) is 9.86. The molecule has 0 saturated carbocycles. The third kappa shape index (κ3) is 2.87. The number of terminal acetylenes is 1. The van der Waals surface area contributed by atoms with Crippen LogP contribution in [0.15, 0.2) is 24.3 Å². The molecule has 84 valence electrons. The Bertz CT molecular complexity index is 386. The molecule has 1 aromatic rings. The van der Waals surface area contributed by atoms with Crippen LogP contribution in [0.5, 0.6) is 0 Å². The normalized spacial score (nSPS) is 9.56. The maximum atomic E-state index is 12.0. The molecule has 16 heavy (non-hydrogen) atoms. The van der Waals surface area contributed by atoms with Gasteiger partial charge in [0.1, 0.15) is 0 Å². The lowest BCUT2D eigenvalue weighted by molar-refractivity contribution is 0.0785. The van der Waals surface area contributed by atoms with Crippen molar-refractivity contribution in [2.45, 2.75) is 20.3 Å². The van der Waals surface area contributed by atoms with Crippen LogP contribution in [-0.2, 0) is 6.42 Å². The molecule has 0 aliphatic heterocycles. The molecule has 0 bridgehead atoms. The fraction of sp³-hybridized carbons (Fsp3) is 0.357. The molecule has 0 aliphatic carbocycles. The average Bonchev–Trinajstić information content (AvgIpc) is 2.35. The molecule has 2 nitrogen and oxygen atoms in total. The van der Waals surface area contributed by atoms with Gasteiger partial charge in [-0.15, -0.1) is 6.42 Å². The molecule has 1 rings (SSSR count). The number of hydrogen-bond acceptors (Lipinski definition) is 1. The summed E-state index contributed by atoms with van der Waals surface area (Å²) in [5, 5.41) is 0. The van der Waals surface area contributed by atoms with E-state index in [1.54, 1.807) is 4.90 Å². The van der Waals surface area contributed by atoms with Gasteiger partial charge in [-0.25, -0.2) is 0 Å². The topological polar surface area (TPSA) is 20.3 Å². The number of rotatable bonds is 4. The molecule has 0 radical (unpaired) electrons. The molecule has 1 aromatic carbocycles. The van der Waals surface area contributed by atoms with Crippen molar-refractivity contribution >= 4 is 5.91 Å². The lowest BCUT2D eigenvalue weighted by Crippen LogP contribution is -2.31. The molecular formula is C14H17NO. The summed E-state index contributed by atoms with van der Waals surface area (Å²) in [6.45, 7) is 5.02. The van der Waals surface area contributed by atoms with Gasteiger partial charge in [-0.1, -0.05) is 25.0 Å². The summed E-state index contributed by atoms with van der Waals surface area (Å²) >= 11 is 0. The molecule has 0 saturated heterocycles. The number of hydrogen-bond donors (Lipinski definition) is 0. The second-order valence-corrected chi connectivity index (χ2v) is 3.57. The Labute approximate surface area is 97.3 Å². The summed E-state index contributed by atoms with van der Waals surface area (Å²) in [7, 11) is 0. The van der Waals surface area contributed by atoms with Crippen LogP contribution >= 0.6 is 0 Å². The second kappa shape index (κ2) is 5.97. The molecule has 0 unspecified atom stereocenters. The minimum Gasteiger partial charge on any atom is -0.328 e. The molecule has 0 atom stereocenters. The monoisotopic (exact) mass is 215 g/mol. The first-order chi connectivity index (χ1) is 7.72. The molecule has 0 spiro atoms. The maximum Gasteiger partial charge on any atom is 0.254 e. The molecule has 0 fully saturated rings. The average molecular weight is 215 g/mol. The Hall–Kier alpha value is -1.75. The zero-order valence-electron chi connectivity index (χ0n) is 9.86. The largest absolute Gasteiger partial charge is 0.328 e. The zero-order chi connectivity index (χ0) is 12.0. The van der Waals surface area contributed by atoms with E-state index in [2.05, 4.69) is 12.8 Å². The van der Waals surface area contributed by atoms with Gasteiger partial charge in [0, 0.05) is 12.1 Å². The number of carbonyl (C=O) groups is 1. The van der Waals surface area contributed by atoms with Crippen molar-refractivity contribution in [1.29, 1.82) is 0 Å². The van der Waals surface area contributed by atoms with E-state index in [1.807, 2.05) is 31.2 Å². The smallest absolute Gasteiger partial charge is 0.254 e. The highest BCUT2D eigenvalue weighted by atomic mass is 16.2. The van der Waals surface area contributed by atoms with Gasteiger partial charge in [0.2, 0.25) is 0 Å². The molecular weight excluding hydrogens is 198 g/mol. The molecule has 1 amide bonds. The maximum absolute atomic E-state index is 12.0. The second-order valence-electron chi connectivity index (χ2n) is 3.57. The highest BCUT2D eigenvalue weighted by Crippen LogP contribution is 2.08. The van der Waals surface area contributed by atoms with E-state index >= 15 is 0 Å². The van der Waals surface area contributed by atoms with E-state index in [0.29, 0.717) is 18.7 Å². The molecule has 2 heteroatoms. The number of carbonyl (C=O) groups excluding carboxylic acids is 1. The number of amides is 1. The van der Waals surface area contributed by atoms with Crippen LogP contribution in [0.3, 0.4) is 0 Å². The van der Waals surface area contributed by atoms with Crippen LogP contribution in [-0.4, -0.2) is 23.9 Å². The first kappa shape index (κ1) is 12.3. The van der Waals surface area contributed by atoms with E-state index in [9.17, 15) is 4.79 Å². The van der Waals surface area contributed by atoms with Gasteiger partial charge in [-0.05, 0) is 31.0 Å². The minimum atomic E-state index is 0.00287. The Kier molecular flexibility index (Phi) is 4.60. The van der Waals surface area contributed by atoms with Crippen LogP contribution < -0.4 is 0 Å². The predicted octanol–water partition coefficient (Wildman–Crippen LogP) is 2.34. The van der Waals surface area contributed by atoms with Gasteiger partial charge in [0.15, 0.2) is 0 Å². The van der Waals surface area contributed by atoms with Crippen LogP contribution in [0.4, 0.5) is 0 Å². The third-order valence-corrected chi connectivity index (χ3v) is 2.56. The van der Waals surface area contributed by atoms with Crippen molar-refractivity contribution in [3.05, 3.63) is 35.4 Å². The summed E-state index contributed by atoms with van der Waals surface area (Å²) in [4.78, 5) is 13.6. The molecule has 0 aliphatic rings. The van der Waals surface area contributed by atoms with E-state index < -0.39 is 0 Å². The van der Waals surface area contributed by atoms with Crippen LogP contribution in [0.1, 0.15) is 29.8 Å². The van der Waals surface area contributed by atoms with Crippen molar-refractivity contribution in [1.82, 2.24) is 4.90 Å². The summed E-state index contributed by atoms with van der Waals surface area (Å²) in [5.74, 6) is 2.50. The molecule has 0 N–H and O–H groups in total. The SMILES string of the molecule is C#CCN(CC)C(=O)c1ccc(CC)cc1. The van der Waals surface area contributed by atoms with E-state index in [0.717, 1.165) is 6.42 Å². The summed E-state index contributed by atoms with van der Waals surface area (Å²) in [6, 6.07) is 7.69. The summed E-state index contributed by atoms with van der Waals surface area (Å²) in [5.41, 5.74) is 1.94. The quantitative estimate of drug-likeness (QED) is 0.706. The highest BCUT2D eigenvalue weighted by Gasteiger charge is 2.12. The van der Waals surface area contributed by atoms with Crippen LogP contribution in [0, 0.1) is 12.3 Å². The first-order valence-electron chi connectivity index (χ1n) is 5.54. The van der Waals surface area contributed by atoms with Crippen molar-refractivity contribution in [3.8, 4) is 12.3 Å². The highest BCUT2D eigenvalue weighted by molar-refractivity contribution is 5.94. The Morgan fingerprint density at radius 1 is 1.31 bits per heavy atom. The van der Waals surface area contributed by atoms with Crippen molar-refractivity contribution in [2.24, 2.45) is 0 Å². The van der Waals surface area contributed by atoms with E-state index in [1.165, 1.54) is 5.56 Å². The molecule has 0 heterocycles. The van der Waals surface area contributed by atoms with Gasteiger partial charge < -0.3 is 4.90 Å². The third-order valence-electron chi connectivity index (χ3n) is 2.56. The minimum absolute atomic E-state index is 0.00287. The van der Waals surface area contributed by atoms with Gasteiger partial charge in [-0.3, -0.25) is 4.79 Å². The van der Waals surface area contributed by atoms with Gasteiger partial charge in [-0.2, -0.15) is 0 Å². The van der Waals surface area contributed by atoms with E-state index in [-0.39, 0.29) is 5.91 Å².